The number of hydrazine groups is 1. The van der Waals surface area contributed by atoms with Crippen molar-refractivity contribution < 1.29 is 19.1 Å². The van der Waals surface area contributed by atoms with Gasteiger partial charge in [-0.1, -0.05) is 11.6 Å². The lowest BCUT2D eigenvalue weighted by molar-refractivity contribution is -0.117. The fraction of sp³-hybridized carbons (Fsp3) is 0.0667. The van der Waals surface area contributed by atoms with Crippen molar-refractivity contribution in [1.29, 1.82) is 0 Å². The van der Waals surface area contributed by atoms with E-state index in [0.29, 0.717) is 27.8 Å². The van der Waals surface area contributed by atoms with Crippen LogP contribution in [-0.2, 0) is 4.79 Å². The van der Waals surface area contributed by atoms with Crippen LogP contribution in [0.15, 0.2) is 36.5 Å². The second-order valence-electron chi connectivity index (χ2n) is 4.60. The zero-order valence-corrected chi connectivity index (χ0v) is 12.5. The number of rotatable bonds is 3. The van der Waals surface area contributed by atoms with Crippen molar-refractivity contribution in [3.05, 3.63) is 52.8 Å². The Balaban J connectivity index is 1.58. The number of amides is 2. The average molecular weight is 334 g/mol. The summed E-state index contributed by atoms with van der Waals surface area (Å²) in [6.45, 7) is 0.119. The summed E-state index contributed by atoms with van der Waals surface area (Å²) in [4.78, 5) is 26.1. The first-order valence-corrected chi connectivity index (χ1v) is 7.02. The minimum Gasteiger partial charge on any atom is -0.454 e. The number of halogens is 1. The zero-order valence-electron chi connectivity index (χ0n) is 11.8. The van der Waals surface area contributed by atoms with Gasteiger partial charge in [0.15, 0.2) is 11.5 Å². The van der Waals surface area contributed by atoms with Gasteiger partial charge in [0.05, 0.1) is 5.02 Å². The molecule has 0 unspecified atom stereocenters. The second-order valence-corrected chi connectivity index (χ2v) is 5.00. The minimum absolute atomic E-state index is 0.119. The van der Waals surface area contributed by atoms with Crippen LogP contribution >= 0.6 is 11.6 Å². The molecule has 2 aromatic rings. The van der Waals surface area contributed by atoms with E-state index in [-0.39, 0.29) is 6.79 Å². The van der Waals surface area contributed by atoms with E-state index in [9.17, 15) is 9.59 Å². The number of H-pyrrole nitrogens is 1. The number of hydrogen-bond acceptors (Lipinski definition) is 4. The van der Waals surface area contributed by atoms with Crippen molar-refractivity contribution in [2.45, 2.75) is 0 Å². The molecule has 2 heterocycles. The van der Waals surface area contributed by atoms with Crippen LogP contribution in [-0.4, -0.2) is 23.6 Å². The van der Waals surface area contributed by atoms with Gasteiger partial charge >= 0.3 is 0 Å². The predicted octanol–water partition coefficient (Wildman–Crippen LogP) is 1.87. The molecular formula is C15H12ClN3O4. The van der Waals surface area contributed by atoms with Crippen molar-refractivity contribution in [2.24, 2.45) is 0 Å². The summed E-state index contributed by atoms with van der Waals surface area (Å²) in [6, 6.07) is 6.62. The number of aromatic nitrogens is 1. The molecule has 1 aromatic carbocycles. The van der Waals surface area contributed by atoms with E-state index in [1.165, 1.54) is 6.08 Å². The van der Waals surface area contributed by atoms with Gasteiger partial charge < -0.3 is 14.5 Å². The predicted molar refractivity (Wildman–Crippen MR) is 83.0 cm³/mol. The van der Waals surface area contributed by atoms with Crippen LogP contribution in [0.25, 0.3) is 6.08 Å². The first-order chi connectivity index (χ1) is 11.1. The summed E-state index contributed by atoms with van der Waals surface area (Å²) in [7, 11) is 0. The molecule has 1 aliphatic rings. The van der Waals surface area contributed by atoms with Crippen molar-refractivity contribution in [1.82, 2.24) is 15.8 Å². The summed E-state index contributed by atoms with van der Waals surface area (Å²) in [6.07, 6.45) is 4.42. The number of carbonyl (C=O) groups is 2. The third-order valence-corrected chi connectivity index (χ3v) is 3.30. The molecule has 0 radical (unpaired) electrons. The molecule has 118 valence electrons. The maximum Gasteiger partial charge on any atom is 0.286 e. The highest BCUT2D eigenvalue weighted by Gasteiger charge is 2.17. The molecule has 0 fully saturated rings. The Morgan fingerprint density at radius 2 is 2.13 bits per heavy atom. The highest BCUT2D eigenvalue weighted by molar-refractivity contribution is 6.32. The molecule has 3 N–H and O–H groups in total. The Hall–Kier alpha value is -2.93. The van der Waals surface area contributed by atoms with Crippen LogP contribution < -0.4 is 20.3 Å². The van der Waals surface area contributed by atoms with E-state index < -0.39 is 11.8 Å². The Kier molecular flexibility index (Phi) is 4.20. The van der Waals surface area contributed by atoms with Gasteiger partial charge in [0.1, 0.15) is 5.69 Å². The number of carbonyl (C=O) groups excluding carboxylic acids is 2. The second kappa shape index (κ2) is 6.45. The summed E-state index contributed by atoms with van der Waals surface area (Å²) < 4.78 is 10.4. The monoisotopic (exact) mass is 333 g/mol. The zero-order chi connectivity index (χ0) is 16.2. The maximum atomic E-state index is 11.7. The average Bonchev–Trinajstić information content (AvgIpc) is 3.21. The van der Waals surface area contributed by atoms with Crippen LogP contribution in [0, 0.1) is 0 Å². The van der Waals surface area contributed by atoms with Crippen molar-refractivity contribution in [3.8, 4) is 11.5 Å². The van der Waals surface area contributed by atoms with Gasteiger partial charge in [-0.2, -0.15) is 0 Å². The number of benzene rings is 1. The highest BCUT2D eigenvalue weighted by atomic mass is 35.5. The van der Waals surface area contributed by atoms with E-state index in [4.69, 9.17) is 21.1 Å². The van der Waals surface area contributed by atoms with E-state index in [2.05, 4.69) is 15.8 Å². The summed E-state index contributed by atoms with van der Waals surface area (Å²) in [5.41, 5.74) is 5.57. The third-order valence-electron chi connectivity index (χ3n) is 3.02. The van der Waals surface area contributed by atoms with Crippen molar-refractivity contribution >= 4 is 29.5 Å². The maximum absolute atomic E-state index is 11.7. The molecule has 8 heteroatoms. The lowest BCUT2D eigenvalue weighted by atomic mass is 10.2. The Labute approximate surface area is 136 Å². The normalized spacial score (nSPS) is 12.4. The molecular weight excluding hydrogens is 322 g/mol. The molecule has 23 heavy (non-hydrogen) atoms. The largest absolute Gasteiger partial charge is 0.454 e. The Morgan fingerprint density at radius 1 is 1.26 bits per heavy atom. The smallest absolute Gasteiger partial charge is 0.286 e. The van der Waals surface area contributed by atoms with Crippen LogP contribution in [0.4, 0.5) is 0 Å². The fourth-order valence-electron chi connectivity index (χ4n) is 1.95. The van der Waals surface area contributed by atoms with E-state index >= 15 is 0 Å². The number of nitrogens with one attached hydrogen (secondary N) is 3. The fourth-order valence-corrected chi connectivity index (χ4v) is 2.23. The SMILES string of the molecule is O=C(/C=C/c1cc(Cl)c2c(c1)OCO2)NNC(=O)c1ccc[nH]1. The first-order valence-electron chi connectivity index (χ1n) is 6.64. The summed E-state index contributed by atoms with van der Waals surface area (Å²) >= 11 is 6.05. The molecule has 0 spiro atoms. The molecule has 7 nitrogen and oxygen atoms in total. The van der Waals surface area contributed by atoms with Crippen LogP contribution in [0.2, 0.25) is 5.02 Å². The topological polar surface area (TPSA) is 92.4 Å². The Morgan fingerprint density at radius 3 is 2.91 bits per heavy atom. The molecule has 0 saturated carbocycles. The van der Waals surface area contributed by atoms with Crippen molar-refractivity contribution in [2.75, 3.05) is 6.79 Å². The first kappa shape index (κ1) is 15.0. The molecule has 0 aliphatic carbocycles. The summed E-state index contributed by atoms with van der Waals surface area (Å²) in [5, 5.41) is 0.403. The molecule has 2 amide bonds. The molecule has 0 bridgehead atoms. The van der Waals surface area contributed by atoms with Gasteiger partial charge in [-0.3, -0.25) is 20.4 Å². The Bertz CT molecular complexity index is 771. The quantitative estimate of drug-likeness (QED) is 0.590. The van der Waals surface area contributed by atoms with Gasteiger partial charge in [0.25, 0.3) is 11.8 Å². The lowest BCUT2D eigenvalue weighted by Crippen LogP contribution is -2.40. The van der Waals surface area contributed by atoms with Gasteiger partial charge in [-0.05, 0) is 35.9 Å². The summed E-state index contributed by atoms with van der Waals surface area (Å²) in [5.74, 6) is 0.0886. The van der Waals surface area contributed by atoms with Crippen LogP contribution in [0.1, 0.15) is 16.1 Å². The van der Waals surface area contributed by atoms with Gasteiger partial charge in [-0.15, -0.1) is 0 Å². The molecule has 0 saturated heterocycles. The number of fused-ring (bicyclic) bond motifs is 1. The highest BCUT2D eigenvalue weighted by Crippen LogP contribution is 2.39. The van der Waals surface area contributed by atoms with Crippen LogP contribution in [0.5, 0.6) is 11.5 Å². The van der Waals surface area contributed by atoms with Gasteiger partial charge in [-0.25, -0.2) is 0 Å². The van der Waals surface area contributed by atoms with E-state index in [1.807, 2.05) is 0 Å². The minimum atomic E-state index is -0.487. The molecule has 1 aliphatic heterocycles. The lowest BCUT2D eigenvalue weighted by Gasteiger charge is -2.04. The molecule has 0 atom stereocenters. The number of hydrogen-bond donors (Lipinski definition) is 3. The van der Waals surface area contributed by atoms with Gasteiger partial charge in [0.2, 0.25) is 6.79 Å². The third kappa shape index (κ3) is 3.46. The van der Waals surface area contributed by atoms with E-state index in [1.54, 1.807) is 36.5 Å². The number of ether oxygens (including phenoxy) is 2. The van der Waals surface area contributed by atoms with Crippen LogP contribution in [0.3, 0.4) is 0 Å². The van der Waals surface area contributed by atoms with Gasteiger partial charge in [0, 0.05) is 12.3 Å². The van der Waals surface area contributed by atoms with E-state index in [0.717, 1.165) is 0 Å². The van der Waals surface area contributed by atoms with Crippen molar-refractivity contribution in [3.63, 3.8) is 0 Å². The molecule has 1 aromatic heterocycles. The number of aromatic amines is 1. The molecule has 3 rings (SSSR count). The standard InChI is InChI=1S/C15H12ClN3O4/c16-10-6-9(7-12-14(10)23-8-22-12)3-4-13(20)18-19-15(21)11-2-1-5-17-11/h1-7,17H,8H2,(H,18,20)(H,19,21)/b4-3+.